The molecule has 0 fully saturated rings. The van der Waals surface area contributed by atoms with E-state index in [0.717, 1.165) is 0 Å². The van der Waals surface area contributed by atoms with Crippen LogP contribution in [0.2, 0.25) is 0 Å². The maximum absolute atomic E-state index is 12.1. The second-order valence-electron chi connectivity index (χ2n) is 4.04. The third-order valence-corrected chi connectivity index (χ3v) is 3.05. The number of ether oxygens (including phenoxy) is 1. The quantitative estimate of drug-likeness (QED) is 0.680. The first-order valence-electron chi connectivity index (χ1n) is 5.97. The Kier molecular flexibility index (Phi) is 5.28. The van der Waals surface area contributed by atoms with Crippen molar-refractivity contribution in [2.75, 3.05) is 0 Å². The second kappa shape index (κ2) is 6.98. The van der Waals surface area contributed by atoms with E-state index in [4.69, 9.17) is 39.5 Å². The van der Waals surface area contributed by atoms with Crippen LogP contribution in [0, 0.1) is 0 Å². The number of nitrogens with zero attached hydrogens (tertiary/aromatic N) is 1. The highest BCUT2D eigenvalue weighted by molar-refractivity contribution is 6.68. The van der Waals surface area contributed by atoms with Crippen molar-refractivity contribution < 1.29 is 9.53 Å². The topological polar surface area (TPSA) is 51.2 Å². The van der Waals surface area contributed by atoms with Crippen LogP contribution in [0.3, 0.4) is 0 Å². The van der Waals surface area contributed by atoms with E-state index >= 15 is 0 Å². The Morgan fingerprint density at radius 2 is 1.76 bits per heavy atom. The summed E-state index contributed by atoms with van der Waals surface area (Å²) in [5, 5.41) is 2.50. The molecule has 110 valence electrons. The van der Waals surface area contributed by atoms with Crippen molar-refractivity contribution in [3.8, 4) is 5.75 Å². The molecule has 1 N–H and O–H groups in total. The Hall–Kier alpha value is -1.49. The van der Waals surface area contributed by atoms with Crippen molar-refractivity contribution in [2.24, 2.45) is 0 Å². The van der Waals surface area contributed by atoms with Gasteiger partial charge in [0.2, 0.25) is 10.0 Å². The molecular formula is C14H11Cl3N2O2. The Morgan fingerprint density at radius 3 is 2.33 bits per heavy atom. The van der Waals surface area contributed by atoms with Crippen LogP contribution in [0.4, 0.5) is 0 Å². The van der Waals surface area contributed by atoms with Gasteiger partial charge in [-0.2, -0.15) is 0 Å². The van der Waals surface area contributed by atoms with E-state index in [1.807, 2.05) is 6.07 Å². The third kappa shape index (κ3) is 4.77. The number of para-hydroxylation sites is 1. The lowest BCUT2D eigenvalue weighted by Crippen LogP contribution is -2.48. The molecule has 0 bridgehead atoms. The molecule has 21 heavy (non-hydrogen) atoms. The van der Waals surface area contributed by atoms with Gasteiger partial charge in [0, 0.05) is 6.20 Å². The molecule has 7 heteroatoms. The predicted octanol–water partition coefficient (Wildman–Crippen LogP) is 3.59. The van der Waals surface area contributed by atoms with Crippen LogP contribution >= 0.6 is 34.8 Å². The molecule has 1 heterocycles. The van der Waals surface area contributed by atoms with Gasteiger partial charge in [0.15, 0.2) is 0 Å². The van der Waals surface area contributed by atoms with Crippen LogP contribution in [0.1, 0.15) is 10.5 Å². The fourth-order valence-corrected chi connectivity index (χ4v) is 1.80. The van der Waals surface area contributed by atoms with Gasteiger partial charge in [-0.25, -0.2) is 0 Å². The van der Waals surface area contributed by atoms with Gasteiger partial charge in [0.25, 0.3) is 5.91 Å². The molecule has 0 saturated heterocycles. The minimum Gasteiger partial charge on any atom is -0.466 e. The van der Waals surface area contributed by atoms with Crippen LogP contribution < -0.4 is 10.1 Å². The monoisotopic (exact) mass is 344 g/mol. The molecule has 1 aromatic carbocycles. The summed E-state index contributed by atoms with van der Waals surface area (Å²) in [5.74, 6) is -0.0296. The average Bonchev–Trinajstić information content (AvgIpc) is 2.47. The summed E-state index contributed by atoms with van der Waals surface area (Å²) in [6, 6.07) is 13.7. The molecule has 0 unspecified atom stereocenters. The number of benzene rings is 1. The van der Waals surface area contributed by atoms with Crippen molar-refractivity contribution in [3.05, 3.63) is 60.4 Å². The molecule has 0 spiro atoms. The zero-order chi connectivity index (χ0) is 15.3. The predicted molar refractivity (Wildman–Crippen MR) is 82.9 cm³/mol. The summed E-state index contributed by atoms with van der Waals surface area (Å²) >= 11 is 17.6. The number of rotatable bonds is 4. The number of nitrogens with one attached hydrogen (secondary N) is 1. The minimum absolute atomic E-state index is 0.202. The summed E-state index contributed by atoms with van der Waals surface area (Å²) < 4.78 is 3.68. The van der Waals surface area contributed by atoms with Crippen molar-refractivity contribution in [2.45, 2.75) is 10.0 Å². The normalized spacial score (nSPS) is 12.5. The third-order valence-electron chi connectivity index (χ3n) is 2.45. The van der Waals surface area contributed by atoms with Gasteiger partial charge >= 0.3 is 0 Å². The Morgan fingerprint density at radius 1 is 1.10 bits per heavy atom. The number of amides is 1. The first kappa shape index (κ1) is 15.9. The first-order chi connectivity index (χ1) is 9.97. The lowest BCUT2D eigenvalue weighted by Gasteiger charge is -2.26. The van der Waals surface area contributed by atoms with E-state index in [1.54, 1.807) is 42.5 Å². The second-order valence-corrected chi connectivity index (χ2v) is 6.41. The Labute approximate surface area is 137 Å². The van der Waals surface area contributed by atoms with Gasteiger partial charge in [-0.15, -0.1) is 0 Å². The number of aromatic nitrogens is 1. The van der Waals surface area contributed by atoms with E-state index in [9.17, 15) is 4.79 Å². The van der Waals surface area contributed by atoms with E-state index in [0.29, 0.717) is 5.75 Å². The Bertz CT molecular complexity index is 588. The minimum atomic E-state index is -1.83. The molecule has 1 aromatic heterocycles. The van der Waals surface area contributed by atoms with Crippen molar-refractivity contribution in [3.63, 3.8) is 0 Å². The summed E-state index contributed by atoms with van der Waals surface area (Å²) in [7, 11) is 0. The molecule has 1 atom stereocenters. The van der Waals surface area contributed by atoms with Gasteiger partial charge in [0.1, 0.15) is 11.4 Å². The van der Waals surface area contributed by atoms with Gasteiger partial charge in [-0.05, 0) is 24.3 Å². The van der Waals surface area contributed by atoms with Gasteiger partial charge in [0.05, 0.1) is 0 Å². The molecule has 0 aliphatic carbocycles. The molecule has 0 saturated carbocycles. The smallest absolute Gasteiger partial charge is 0.272 e. The lowest BCUT2D eigenvalue weighted by molar-refractivity contribution is 0.0828. The standard InChI is InChI=1S/C14H11Cl3N2O2/c15-14(16,17)13(21-10-6-2-1-3-7-10)19-12(20)11-8-4-5-9-18-11/h1-9,13H,(H,19,20)/t13-/m0/s1. The molecule has 2 rings (SSSR count). The van der Waals surface area contributed by atoms with Crippen LogP contribution in [-0.2, 0) is 0 Å². The number of carbonyl (C=O) groups is 1. The van der Waals surface area contributed by atoms with Crippen LogP contribution in [0.15, 0.2) is 54.7 Å². The lowest BCUT2D eigenvalue weighted by atomic mass is 10.3. The SMILES string of the molecule is O=C(N[C@@H](Oc1ccccc1)C(Cl)(Cl)Cl)c1ccccn1. The molecule has 0 aliphatic rings. The van der Waals surface area contributed by atoms with Gasteiger partial charge < -0.3 is 10.1 Å². The zero-order valence-electron chi connectivity index (χ0n) is 10.7. The van der Waals surface area contributed by atoms with E-state index in [-0.39, 0.29) is 5.69 Å². The van der Waals surface area contributed by atoms with Gasteiger partial charge in [-0.3, -0.25) is 9.78 Å². The largest absolute Gasteiger partial charge is 0.466 e. The Balaban J connectivity index is 2.12. The summed E-state index contributed by atoms with van der Waals surface area (Å²) in [6.07, 6.45) is 0.344. The molecular weight excluding hydrogens is 335 g/mol. The number of pyridine rings is 1. The zero-order valence-corrected chi connectivity index (χ0v) is 12.9. The van der Waals surface area contributed by atoms with E-state index in [2.05, 4.69) is 10.3 Å². The summed E-state index contributed by atoms with van der Waals surface area (Å²) in [5.41, 5.74) is 0.202. The van der Waals surface area contributed by atoms with Crippen LogP contribution in [0.25, 0.3) is 0 Å². The highest BCUT2D eigenvalue weighted by Crippen LogP contribution is 2.32. The van der Waals surface area contributed by atoms with Crippen molar-refractivity contribution in [1.29, 1.82) is 0 Å². The molecule has 0 radical (unpaired) electrons. The molecule has 4 nitrogen and oxygen atoms in total. The molecule has 0 aliphatic heterocycles. The molecule has 1 amide bonds. The number of carbonyl (C=O) groups excluding carboxylic acids is 1. The number of halogens is 3. The summed E-state index contributed by atoms with van der Waals surface area (Å²) in [6.45, 7) is 0. The summed E-state index contributed by atoms with van der Waals surface area (Å²) in [4.78, 5) is 16.0. The fourth-order valence-electron chi connectivity index (χ4n) is 1.50. The fraction of sp³-hybridized carbons (Fsp3) is 0.143. The van der Waals surface area contributed by atoms with Gasteiger partial charge in [-0.1, -0.05) is 59.1 Å². The van der Waals surface area contributed by atoms with Crippen LogP contribution in [-0.4, -0.2) is 20.9 Å². The van der Waals surface area contributed by atoms with Crippen molar-refractivity contribution >= 4 is 40.7 Å². The number of hydrogen-bond donors (Lipinski definition) is 1. The highest BCUT2D eigenvalue weighted by atomic mass is 35.6. The number of hydrogen-bond acceptors (Lipinski definition) is 3. The van der Waals surface area contributed by atoms with Crippen molar-refractivity contribution in [1.82, 2.24) is 10.3 Å². The van der Waals surface area contributed by atoms with E-state index in [1.165, 1.54) is 6.20 Å². The van der Waals surface area contributed by atoms with E-state index < -0.39 is 15.9 Å². The maximum atomic E-state index is 12.1. The molecule has 2 aromatic rings. The van der Waals surface area contributed by atoms with Crippen LogP contribution in [0.5, 0.6) is 5.75 Å². The average molecular weight is 346 g/mol. The highest BCUT2D eigenvalue weighted by Gasteiger charge is 2.36. The number of alkyl halides is 3. The maximum Gasteiger partial charge on any atom is 0.272 e. The first-order valence-corrected chi connectivity index (χ1v) is 7.10.